The Labute approximate surface area is 102 Å². The minimum absolute atomic E-state index is 0.536. The van der Waals surface area contributed by atoms with E-state index in [1.807, 2.05) is 14.1 Å². The largest absolute Gasteiger partial charge is 0.383 e. The molecule has 0 aromatic carbocycles. The van der Waals surface area contributed by atoms with Gasteiger partial charge in [-0.05, 0) is 14.1 Å². The van der Waals surface area contributed by atoms with E-state index in [9.17, 15) is 0 Å². The van der Waals surface area contributed by atoms with E-state index in [-0.39, 0.29) is 0 Å². The first-order valence-corrected chi connectivity index (χ1v) is 5.53. The zero-order chi connectivity index (χ0) is 12.5. The second kappa shape index (κ2) is 7.75. The Hall–Kier alpha value is -1.47. The van der Waals surface area contributed by atoms with Gasteiger partial charge < -0.3 is 20.3 Å². The number of ether oxygens (including phenoxy) is 1. The molecule has 0 saturated heterocycles. The number of rotatable bonds is 8. The summed E-state index contributed by atoms with van der Waals surface area (Å²) in [4.78, 5) is 6.36. The number of nitrogens with one attached hydrogen (secondary N) is 2. The number of likely N-dealkylation sites (N-methyl/N-ethyl adjacent to an activating group) is 1. The molecule has 0 amide bonds. The maximum Gasteiger partial charge on any atom is 0.244 e. The summed E-state index contributed by atoms with van der Waals surface area (Å²) in [5.41, 5.74) is 0. The van der Waals surface area contributed by atoms with Gasteiger partial charge in [0.15, 0.2) is 5.82 Å². The van der Waals surface area contributed by atoms with E-state index in [1.54, 1.807) is 13.3 Å². The molecule has 0 fully saturated rings. The molecular weight excluding hydrogens is 220 g/mol. The SMILES string of the molecule is COCCNc1cnnc(NCCN(C)C)n1. The highest BCUT2D eigenvalue weighted by Gasteiger charge is 1.99. The third-order valence-corrected chi connectivity index (χ3v) is 2.01. The van der Waals surface area contributed by atoms with Crippen molar-refractivity contribution in [2.24, 2.45) is 0 Å². The Kier molecular flexibility index (Phi) is 6.19. The van der Waals surface area contributed by atoms with Crippen molar-refractivity contribution in [3.05, 3.63) is 6.20 Å². The molecule has 0 atom stereocenters. The Morgan fingerprint density at radius 1 is 1.29 bits per heavy atom. The molecule has 1 aromatic rings. The third-order valence-electron chi connectivity index (χ3n) is 2.01. The van der Waals surface area contributed by atoms with Gasteiger partial charge in [-0.15, -0.1) is 5.10 Å². The lowest BCUT2D eigenvalue weighted by Crippen LogP contribution is -2.22. The summed E-state index contributed by atoms with van der Waals surface area (Å²) in [7, 11) is 5.70. The monoisotopic (exact) mass is 240 g/mol. The molecule has 1 rings (SSSR count). The molecule has 96 valence electrons. The van der Waals surface area contributed by atoms with Gasteiger partial charge in [-0.1, -0.05) is 0 Å². The lowest BCUT2D eigenvalue weighted by molar-refractivity contribution is 0.210. The molecule has 1 aromatic heterocycles. The number of aromatic nitrogens is 3. The van der Waals surface area contributed by atoms with E-state index in [0.29, 0.717) is 24.9 Å². The lowest BCUT2D eigenvalue weighted by Gasteiger charge is -2.10. The average molecular weight is 240 g/mol. The molecule has 0 saturated carbocycles. The highest BCUT2D eigenvalue weighted by molar-refractivity contribution is 5.36. The molecule has 0 aliphatic rings. The lowest BCUT2D eigenvalue weighted by atomic mass is 10.6. The van der Waals surface area contributed by atoms with Crippen molar-refractivity contribution in [2.75, 3.05) is 58.1 Å². The van der Waals surface area contributed by atoms with E-state index in [1.165, 1.54) is 0 Å². The normalized spacial score (nSPS) is 10.6. The average Bonchev–Trinajstić information content (AvgIpc) is 2.29. The smallest absolute Gasteiger partial charge is 0.244 e. The first-order chi connectivity index (χ1) is 8.22. The van der Waals surface area contributed by atoms with Crippen LogP contribution in [-0.2, 0) is 4.74 Å². The van der Waals surface area contributed by atoms with E-state index in [0.717, 1.165) is 13.1 Å². The second-order valence-corrected chi connectivity index (χ2v) is 3.81. The fourth-order valence-electron chi connectivity index (χ4n) is 1.14. The zero-order valence-corrected chi connectivity index (χ0v) is 10.6. The minimum atomic E-state index is 0.536. The number of anilines is 2. The van der Waals surface area contributed by atoms with E-state index < -0.39 is 0 Å². The molecule has 0 radical (unpaired) electrons. The highest BCUT2D eigenvalue weighted by Crippen LogP contribution is 2.02. The van der Waals surface area contributed by atoms with Crippen molar-refractivity contribution >= 4 is 11.8 Å². The van der Waals surface area contributed by atoms with Gasteiger partial charge in [-0.2, -0.15) is 10.1 Å². The van der Waals surface area contributed by atoms with Crippen LogP contribution in [0.2, 0.25) is 0 Å². The number of methoxy groups -OCH3 is 1. The van der Waals surface area contributed by atoms with Crippen LogP contribution in [0.3, 0.4) is 0 Å². The molecule has 1 heterocycles. The van der Waals surface area contributed by atoms with Crippen LogP contribution in [0.4, 0.5) is 11.8 Å². The molecule has 2 N–H and O–H groups in total. The predicted octanol–water partition coefficient (Wildman–Crippen LogP) is -0.0966. The Morgan fingerprint density at radius 2 is 2.12 bits per heavy atom. The summed E-state index contributed by atoms with van der Waals surface area (Å²) >= 11 is 0. The van der Waals surface area contributed by atoms with E-state index in [4.69, 9.17) is 4.74 Å². The van der Waals surface area contributed by atoms with Crippen LogP contribution >= 0.6 is 0 Å². The summed E-state index contributed by atoms with van der Waals surface area (Å²) in [5.74, 6) is 1.23. The minimum Gasteiger partial charge on any atom is -0.383 e. The summed E-state index contributed by atoms with van der Waals surface area (Å²) in [6, 6.07) is 0. The van der Waals surface area contributed by atoms with Crippen LogP contribution in [-0.4, -0.2) is 67.5 Å². The molecule has 0 aliphatic heterocycles. The molecule has 0 aliphatic carbocycles. The van der Waals surface area contributed by atoms with Crippen LogP contribution in [0, 0.1) is 0 Å². The van der Waals surface area contributed by atoms with Gasteiger partial charge in [0.1, 0.15) is 0 Å². The summed E-state index contributed by atoms with van der Waals surface area (Å²) < 4.78 is 4.94. The van der Waals surface area contributed by atoms with Gasteiger partial charge in [-0.3, -0.25) is 0 Å². The van der Waals surface area contributed by atoms with Gasteiger partial charge >= 0.3 is 0 Å². The van der Waals surface area contributed by atoms with Crippen LogP contribution < -0.4 is 10.6 Å². The van der Waals surface area contributed by atoms with E-state index in [2.05, 4.69) is 30.7 Å². The Morgan fingerprint density at radius 3 is 2.82 bits per heavy atom. The quantitative estimate of drug-likeness (QED) is 0.615. The first-order valence-electron chi connectivity index (χ1n) is 5.53. The van der Waals surface area contributed by atoms with Gasteiger partial charge in [0, 0.05) is 26.7 Å². The van der Waals surface area contributed by atoms with Crippen LogP contribution in [0.1, 0.15) is 0 Å². The highest BCUT2D eigenvalue weighted by atomic mass is 16.5. The van der Waals surface area contributed by atoms with Crippen LogP contribution in [0.15, 0.2) is 6.20 Å². The fourth-order valence-corrected chi connectivity index (χ4v) is 1.14. The standard InChI is InChI=1S/C10H20N6O/c1-16(2)6-4-12-10-14-9(8-13-15-10)11-5-7-17-3/h8H,4-7H2,1-3H3,(H2,11,12,14,15). The van der Waals surface area contributed by atoms with Crippen LogP contribution in [0.25, 0.3) is 0 Å². The summed E-state index contributed by atoms with van der Waals surface area (Å²) in [5, 5.41) is 14.0. The fraction of sp³-hybridized carbons (Fsp3) is 0.700. The van der Waals surface area contributed by atoms with Crippen molar-refractivity contribution in [1.29, 1.82) is 0 Å². The van der Waals surface area contributed by atoms with Crippen LogP contribution in [0.5, 0.6) is 0 Å². The second-order valence-electron chi connectivity index (χ2n) is 3.81. The molecule has 0 bridgehead atoms. The summed E-state index contributed by atoms with van der Waals surface area (Å²) in [6.45, 7) is 3.04. The van der Waals surface area contributed by atoms with Gasteiger partial charge in [0.25, 0.3) is 0 Å². The number of hydrogen-bond donors (Lipinski definition) is 2. The van der Waals surface area contributed by atoms with E-state index >= 15 is 0 Å². The van der Waals surface area contributed by atoms with Crippen molar-refractivity contribution in [1.82, 2.24) is 20.1 Å². The molecule has 0 spiro atoms. The number of hydrogen-bond acceptors (Lipinski definition) is 7. The van der Waals surface area contributed by atoms with Gasteiger partial charge in [0.2, 0.25) is 5.95 Å². The number of nitrogens with zero attached hydrogens (tertiary/aromatic N) is 4. The Bertz CT molecular complexity index is 319. The molecule has 17 heavy (non-hydrogen) atoms. The predicted molar refractivity (Wildman–Crippen MR) is 67.2 cm³/mol. The molecular formula is C10H20N6O. The first kappa shape index (κ1) is 13.6. The molecule has 7 nitrogen and oxygen atoms in total. The zero-order valence-electron chi connectivity index (χ0n) is 10.6. The molecule has 7 heteroatoms. The summed E-state index contributed by atoms with van der Waals surface area (Å²) in [6.07, 6.45) is 1.59. The topological polar surface area (TPSA) is 75.2 Å². The Balaban J connectivity index is 2.37. The maximum atomic E-state index is 4.94. The maximum absolute atomic E-state index is 4.94. The van der Waals surface area contributed by atoms with Crippen molar-refractivity contribution < 1.29 is 4.74 Å². The van der Waals surface area contributed by atoms with Crippen molar-refractivity contribution in [2.45, 2.75) is 0 Å². The van der Waals surface area contributed by atoms with Gasteiger partial charge in [-0.25, -0.2) is 0 Å². The van der Waals surface area contributed by atoms with Gasteiger partial charge in [0.05, 0.1) is 12.8 Å². The van der Waals surface area contributed by atoms with Crippen molar-refractivity contribution in [3.63, 3.8) is 0 Å². The van der Waals surface area contributed by atoms with Crippen molar-refractivity contribution in [3.8, 4) is 0 Å². The molecule has 0 unspecified atom stereocenters. The third kappa shape index (κ3) is 5.98.